The Bertz CT molecular complexity index is 1110. The van der Waals surface area contributed by atoms with Gasteiger partial charge in [-0.25, -0.2) is 0 Å². The fourth-order valence-corrected chi connectivity index (χ4v) is 4.65. The van der Waals surface area contributed by atoms with Gasteiger partial charge in [0.2, 0.25) is 0 Å². The van der Waals surface area contributed by atoms with Crippen LogP contribution in [0.5, 0.6) is 11.5 Å². The Labute approximate surface area is 194 Å². The van der Waals surface area contributed by atoms with Crippen LogP contribution in [0.15, 0.2) is 54.7 Å². The lowest BCUT2D eigenvalue weighted by molar-refractivity contribution is 0.0938. The van der Waals surface area contributed by atoms with Crippen LogP contribution in [-0.4, -0.2) is 53.4 Å². The lowest BCUT2D eigenvalue weighted by Crippen LogP contribution is -2.36. The van der Waals surface area contributed by atoms with E-state index in [2.05, 4.69) is 39.6 Å². The summed E-state index contributed by atoms with van der Waals surface area (Å²) in [4.78, 5) is 15.8. The molecule has 7 nitrogen and oxygen atoms in total. The van der Waals surface area contributed by atoms with E-state index in [1.807, 2.05) is 31.3 Å². The van der Waals surface area contributed by atoms with Gasteiger partial charge in [-0.3, -0.25) is 14.4 Å². The van der Waals surface area contributed by atoms with E-state index in [1.54, 1.807) is 10.9 Å². The van der Waals surface area contributed by atoms with Crippen molar-refractivity contribution in [3.05, 3.63) is 65.9 Å². The van der Waals surface area contributed by atoms with Crippen LogP contribution in [0.2, 0.25) is 0 Å². The van der Waals surface area contributed by atoms with Crippen LogP contribution in [0.25, 0.3) is 11.3 Å². The Kier molecular flexibility index (Phi) is 6.30. The van der Waals surface area contributed by atoms with Crippen molar-refractivity contribution in [1.82, 2.24) is 20.0 Å². The van der Waals surface area contributed by atoms with Crippen molar-refractivity contribution in [2.45, 2.75) is 25.3 Å². The highest BCUT2D eigenvalue weighted by atomic mass is 16.5. The normalized spacial score (nSPS) is 16.9. The number of nitrogens with one attached hydrogen (secondary N) is 1. The molecule has 2 aliphatic rings. The van der Waals surface area contributed by atoms with Crippen LogP contribution in [-0.2, 0) is 7.05 Å². The first-order valence-corrected chi connectivity index (χ1v) is 11.7. The molecule has 0 radical (unpaired) electrons. The zero-order valence-corrected chi connectivity index (χ0v) is 19.0. The average Bonchev–Trinajstić information content (AvgIpc) is 3.44. The molecule has 1 aromatic heterocycles. The predicted molar refractivity (Wildman–Crippen MR) is 127 cm³/mol. The maximum Gasteiger partial charge on any atom is 0.255 e. The van der Waals surface area contributed by atoms with Gasteiger partial charge in [0.15, 0.2) is 11.5 Å². The van der Waals surface area contributed by atoms with Crippen LogP contribution in [0.3, 0.4) is 0 Å². The summed E-state index contributed by atoms with van der Waals surface area (Å²) in [6.07, 6.45) is 5.03. The number of hydrogen-bond donors (Lipinski definition) is 1. The number of likely N-dealkylation sites (tertiary alicyclic amines) is 1. The van der Waals surface area contributed by atoms with Gasteiger partial charge in [-0.05, 0) is 49.7 Å². The number of aryl methyl sites for hydroxylation is 1. The van der Waals surface area contributed by atoms with E-state index in [-0.39, 0.29) is 11.9 Å². The number of rotatable bonds is 6. The van der Waals surface area contributed by atoms with Crippen molar-refractivity contribution in [2.75, 3.05) is 32.8 Å². The second-order valence-electron chi connectivity index (χ2n) is 8.66. The molecular weight excluding hydrogens is 416 g/mol. The molecule has 2 aliphatic heterocycles. The first-order valence-electron chi connectivity index (χ1n) is 11.7. The van der Waals surface area contributed by atoms with E-state index in [1.165, 1.54) is 18.4 Å². The molecule has 0 saturated carbocycles. The average molecular weight is 447 g/mol. The van der Waals surface area contributed by atoms with E-state index in [9.17, 15) is 4.79 Å². The Morgan fingerprint density at radius 3 is 2.58 bits per heavy atom. The van der Waals surface area contributed by atoms with Gasteiger partial charge in [0.1, 0.15) is 5.69 Å². The fraction of sp³-hybridized carbons (Fsp3) is 0.385. The third-order valence-electron chi connectivity index (χ3n) is 6.32. The highest BCUT2D eigenvalue weighted by Gasteiger charge is 2.25. The monoisotopic (exact) mass is 446 g/mol. The minimum absolute atomic E-state index is 0.120. The van der Waals surface area contributed by atoms with Crippen molar-refractivity contribution < 1.29 is 14.3 Å². The summed E-state index contributed by atoms with van der Waals surface area (Å²) in [7, 11) is 1.83. The standard InChI is InChI=1S/C26H30N4O3/c1-29-18-21(25(28-29)20-10-11-23-24(16-20)33-15-7-14-32-23)26(31)27-17-22(30-12-5-6-13-30)19-8-3-2-4-9-19/h2-4,8-11,16,18,22H,5-7,12-15,17H2,1H3,(H,27,31). The summed E-state index contributed by atoms with van der Waals surface area (Å²) in [5, 5.41) is 7.77. The molecule has 7 heteroatoms. The first-order chi connectivity index (χ1) is 16.2. The molecule has 1 fully saturated rings. The molecule has 1 saturated heterocycles. The Morgan fingerprint density at radius 2 is 1.79 bits per heavy atom. The zero-order valence-electron chi connectivity index (χ0n) is 19.0. The maximum atomic E-state index is 13.3. The van der Waals surface area contributed by atoms with Gasteiger partial charge in [0, 0.05) is 31.8 Å². The lowest BCUT2D eigenvalue weighted by atomic mass is 10.0. The third-order valence-corrected chi connectivity index (χ3v) is 6.32. The SMILES string of the molecule is Cn1cc(C(=O)NCC(c2ccccc2)N2CCCC2)c(-c2ccc3c(c2)OCCCO3)n1. The molecule has 172 valence electrons. The highest BCUT2D eigenvalue weighted by molar-refractivity contribution is 6.00. The summed E-state index contributed by atoms with van der Waals surface area (Å²) in [5.41, 5.74) is 3.27. The van der Waals surface area contributed by atoms with Crippen molar-refractivity contribution in [1.29, 1.82) is 0 Å². The number of fused-ring (bicyclic) bond motifs is 1. The maximum absolute atomic E-state index is 13.3. The van der Waals surface area contributed by atoms with Crippen LogP contribution >= 0.6 is 0 Å². The molecule has 1 unspecified atom stereocenters. The Balaban J connectivity index is 1.37. The number of carbonyl (C=O) groups excluding carboxylic acids is 1. The van der Waals surface area contributed by atoms with Crippen molar-refractivity contribution in [3.8, 4) is 22.8 Å². The topological polar surface area (TPSA) is 68.6 Å². The van der Waals surface area contributed by atoms with E-state index in [0.29, 0.717) is 36.8 Å². The lowest BCUT2D eigenvalue weighted by Gasteiger charge is -2.28. The summed E-state index contributed by atoms with van der Waals surface area (Å²) >= 11 is 0. The van der Waals surface area contributed by atoms with E-state index in [0.717, 1.165) is 30.8 Å². The molecule has 5 rings (SSSR count). The molecule has 2 aromatic carbocycles. The molecule has 0 aliphatic carbocycles. The molecular formula is C26H30N4O3. The van der Waals surface area contributed by atoms with E-state index < -0.39 is 0 Å². The number of hydrogen-bond acceptors (Lipinski definition) is 5. The van der Waals surface area contributed by atoms with Gasteiger partial charge in [-0.1, -0.05) is 30.3 Å². The second kappa shape index (κ2) is 9.67. The van der Waals surface area contributed by atoms with Crippen molar-refractivity contribution >= 4 is 5.91 Å². The number of benzene rings is 2. The summed E-state index contributed by atoms with van der Waals surface area (Å²) < 4.78 is 13.3. The smallest absolute Gasteiger partial charge is 0.255 e. The number of aromatic nitrogens is 2. The van der Waals surface area contributed by atoms with Crippen LogP contribution in [0, 0.1) is 0 Å². The van der Waals surface area contributed by atoms with Gasteiger partial charge in [0.05, 0.1) is 24.8 Å². The minimum Gasteiger partial charge on any atom is -0.490 e. The minimum atomic E-state index is -0.120. The second-order valence-corrected chi connectivity index (χ2v) is 8.66. The molecule has 3 heterocycles. The largest absolute Gasteiger partial charge is 0.490 e. The molecule has 0 spiro atoms. The van der Waals surface area contributed by atoms with Crippen molar-refractivity contribution in [2.24, 2.45) is 7.05 Å². The molecule has 1 amide bonds. The Hall–Kier alpha value is -3.32. The fourth-order valence-electron chi connectivity index (χ4n) is 4.65. The zero-order chi connectivity index (χ0) is 22.6. The van der Waals surface area contributed by atoms with Crippen molar-refractivity contribution in [3.63, 3.8) is 0 Å². The van der Waals surface area contributed by atoms with Gasteiger partial charge < -0.3 is 14.8 Å². The molecule has 0 bridgehead atoms. The Morgan fingerprint density at radius 1 is 1.03 bits per heavy atom. The van der Waals surface area contributed by atoms with Gasteiger partial charge in [0.25, 0.3) is 5.91 Å². The quantitative estimate of drug-likeness (QED) is 0.624. The summed E-state index contributed by atoms with van der Waals surface area (Å²) in [5.74, 6) is 1.31. The van der Waals surface area contributed by atoms with Crippen LogP contribution < -0.4 is 14.8 Å². The number of amides is 1. The van der Waals surface area contributed by atoms with Gasteiger partial charge in [-0.2, -0.15) is 5.10 Å². The van der Waals surface area contributed by atoms with Gasteiger partial charge >= 0.3 is 0 Å². The van der Waals surface area contributed by atoms with Crippen LogP contribution in [0.4, 0.5) is 0 Å². The molecule has 1 N–H and O–H groups in total. The van der Waals surface area contributed by atoms with Crippen LogP contribution in [0.1, 0.15) is 41.2 Å². The molecule has 33 heavy (non-hydrogen) atoms. The molecule has 1 atom stereocenters. The van der Waals surface area contributed by atoms with E-state index >= 15 is 0 Å². The molecule has 3 aromatic rings. The predicted octanol–water partition coefficient (Wildman–Crippen LogP) is 3.82. The number of ether oxygens (including phenoxy) is 2. The number of nitrogens with zero attached hydrogens (tertiary/aromatic N) is 3. The van der Waals surface area contributed by atoms with E-state index in [4.69, 9.17) is 9.47 Å². The third kappa shape index (κ3) is 4.73. The summed E-state index contributed by atoms with van der Waals surface area (Å²) in [6, 6.07) is 16.3. The first kappa shape index (κ1) is 21.5. The summed E-state index contributed by atoms with van der Waals surface area (Å²) in [6.45, 7) is 3.93. The highest BCUT2D eigenvalue weighted by Crippen LogP contribution is 2.35. The van der Waals surface area contributed by atoms with Gasteiger partial charge in [-0.15, -0.1) is 0 Å². The number of carbonyl (C=O) groups is 1.